The summed E-state index contributed by atoms with van der Waals surface area (Å²) in [6.45, 7) is 3.65. The van der Waals surface area contributed by atoms with Crippen molar-refractivity contribution in [1.82, 2.24) is 24.6 Å². The second-order valence-corrected chi connectivity index (χ2v) is 7.75. The molecule has 4 rings (SSSR count). The Labute approximate surface area is 168 Å². The molecule has 2 N–H and O–H groups in total. The number of likely N-dealkylation sites (tertiary alicyclic amines) is 1. The number of amides is 2. The maximum absolute atomic E-state index is 13.7. The molecule has 2 aromatic rings. The van der Waals surface area contributed by atoms with E-state index in [-0.39, 0.29) is 17.4 Å². The average Bonchev–Trinajstić information content (AvgIpc) is 3.04. The lowest BCUT2D eigenvalue weighted by molar-refractivity contribution is 0.182. The van der Waals surface area contributed by atoms with Gasteiger partial charge in [-0.25, -0.2) is 18.7 Å². The van der Waals surface area contributed by atoms with E-state index in [1.807, 2.05) is 0 Å². The number of piperidine rings is 1. The molecular weight excluding hydrogens is 375 g/mol. The first-order chi connectivity index (χ1) is 14.1. The number of anilines is 1. The van der Waals surface area contributed by atoms with Crippen molar-refractivity contribution in [1.29, 1.82) is 0 Å². The number of halogens is 1. The molecule has 156 valence electrons. The van der Waals surface area contributed by atoms with Crippen molar-refractivity contribution in [2.24, 2.45) is 0 Å². The summed E-state index contributed by atoms with van der Waals surface area (Å²) in [7, 11) is 0. The average molecular weight is 402 g/mol. The van der Waals surface area contributed by atoms with Crippen LogP contribution in [0.25, 0.3) is 0 Å². The van der Waals surface area contributed by atoms with Crippen molar-refractivity contribution in [3.8, 4) is 0 Å². The van der Waals surface area contributed by atoms with E-state index in [1.54, 1.807) is 21.4 Å². The lowest BCUT2D eigenvalue weighted by Crippen LogP contribution is -2.49. The van der Waals surface area contributed by atoms with Crippen molar-refractivity contribution in [2.45, 2.75) is 51.2 Å². The zero-order chi connectivity index (χ0) is 20.2. The standard InChI is InChI=1S/C20H27FN6O2/c21-16-7-1-2-8-17(16)23-19(28)22-15-6-5-10-25(14-15)12-13-27-20(29)26-11-4-3-9-18(26)24-27/h1-2,7-8,15H,3-6,9-14H2,(H2,22,23,28). The molecule has 0 aliphatic carbocycles. The van der Waals surface area contributed by atoms with Crippen LogP contribution in [0.2, 0.25) is 0 Å². The number of rotatable bonds is 5. The number of benzene rings is 1. The summed E-state index contributed by atoms with van der Waals surface area (Å²) in [6.07, 6.45) is 4.83. The number of nitrogens with zero attached hydrogens (tertiary/aromatic N) is 4. The number of nitrogens with one attached hydrogen (secondary N) is 2. The van der Waals surface area contributed by atoms with Gasteiger partial charge >= 0.3 is 11.7 Å². The van der Waals surface area contributed by atoms with E-state index in [2.05, 4.69) is 20.6 Å². The predicted molar refractivity (Wildman–Crippen MR) is 107 cm³/mol. The molecule has 1 saturated heterocycles. The highest BCUT2D eigenvalue weighted by Gasteiger charge is 2.23. The molecule has 8 nitrogen and oxygen atoms in total. The van der Waals surface area contributed by atoms with Gasteiger partial charge in [0.25, 0.3) is 0 Å². The molecule has 2 aliphatic heterocycles. The van der Waals surface area contributed by atoms with Crippen LogP contribution in [0.5, 0.6) is 0 Å². The number of hydrogen-bond acceptors (Lipinski definition) is 4. The molecule has 1 fully saturated rings. The smallest absolute Gasteiger partial charge is 0.334 e. The van der Waals surface area contributed by atoms with E-state index in [9.17, 15) is 14.0 Å². The van der Waals surface area contributed by atoms with Crippen LogP contribution in [-0.2, 0) is 19.5 Å². The molecule has 1 atom stereocenters. The van der Waals surface area contributed by atoms with Crippen LogP contribution < -0.4 is 16.3 Å². The molecule has 0 bridgehead atoms. The van der Waals surface area contributed by atoms with Gasteiger partial charge in [-0.05, 0) is 44.4 Å². The zero-order valence-corrected chi connectivity index (χ0v) is 16.4. The monoisotopic (exact) mass is 402 g/mol. The summed E-state index contributed by atoms with van der Waals surface area (Å²) in [5.41, 5.74) is 0.149. The van der Waals surface area contributed by atoms with Gasteiger partial charge in [-0.2, -0.15) is 5.10 Å². The Bertz CT molecular complexity index is 924. The minimum atomic E-state index is -0.457. The molecule has 0 radical (unpaired) electrons. The molecule has 2 amide bonds. The topological polar surface area (TPSA) is 84.2 Å². The minimum absolute atomic E-state index is 0.0116. The van der Waals surface area contributed by atoms with E-state index >= 15 is 0 Å². The fraction of sp³-hybridized carbons (Fsp3) is 0.550. The van der Waals surface area contributed by atoms with Crippen LogP contribution in [0.3, 0.4) is 0 Å². The zero-order valence-electron chi connectivity index (χ0n) is 16.4. The lowest BCUT2D eigenvalue weighted by Gasteiger charge is -2.33. The third-order valence-corrected chi connectivity index (χ3v) is 5.62. The Morgan fingerprint density at radius 1 is 1.17 bits per heavy atom. The second-order valence-electron chi connectivity index (χ2n) is 7.75. The molecule has 3 heterocycles. The van der Waals surface area contributed by atoms with E-state index in [0.29, 0.717) is 19.6 Å². The Balaban J connectivity index is 1.28. The number of carbonyl (C=O) groups excluding carboxylic acids is 1. The molecule has 2 aliphatic rings. The molecule has 1 aromatic carbocycles. The quantitative estimate of drug-likeness (QED) is 0.799. The van der Waals surface area contributed by atoms with Crippen LogP contribution >= 0.6 is 0 Å². The number of para-hydroxylation sites is 1. The Morgan fingerprint density at radius 3 is 2.86 bits per heavy atom. The fourth-order valence-corrected chi connectivity index (χ4v) is 4.11. The van der Waals surface area contributed by atoms with Crippen molar-refractivity contribution < 1.29 is 9.18 Å². The normalized spacial score (nSPS) is 19.6. The number of carbonyl (C=O) groups is 1. The third kappa shape index (κ3) is 4.67. The van der Waals surface area contributed by atoms with Gasteiger partial charge in [-0.15, -0.1) is 0 Å². The van der Waals surface area contributed by atoms with E-state index < -0.39 is 11.8 Å². The van der Waals surface area contributed by atoms with E-state index in [4.69, 9.17) is 0 Å². The summed E-state index contributed by atoms with van der Waals surface area (Å²) in [5.74, 6) is 0.436. The first kappa shape index (κ1) is 19.6. The lowest BCUT2D eigenvalue weighted by atomic mass is 10.1. The summed E-state index contributed by atoms with van der Waals surface area (Å²) in [5, 5.41) is 9.97. The molecule has 1 unspecified atom stereocenters. The van der Waals surface area contributed by atoms with E-state index in [1.165, 1.54) is 12.1 Å². The highest BCUT2D eigenvalue weighted by atomic mass is 19.1. The maximum atomic E-state index is 13.7. The Morgan fingerprint density at radius 2 is 2.03 bits per heavy atom. The Kier molecular flexibility index (Phi) is 5.94. The van der Waals surface area contributed by atoms with Gasteiger partial charge in [0.05, 0.1) is 12.2 Å². The van der Waals surface area contributed by atoms with Gasteiger partial charge in [-0.3, -0.25) is 9.47 Å². The van der Waals surface area contributed by atoms with Crippen molar-refractivity contribution in [3.05, 3.63) is 46.4 Å². The van der Waals surface area contributed by atoms with Gasteiger partial charge < -0.3 is 10.6 Å². The predicted octanol–water partition coefficient (Wildman–Crippen LogP) is 1.81. The number of hydrogen-bond donors (Lipinski definition) is 2. The van der Waals surface area contributed by atoms with Gasteiger partial charge in [0.1, 0.15) is 11.6 Å². The minimum Gasteiger partial charge on any atom is -0.334 e. The molecule has 1 aromatic heterocycles. The number of aryl methyl sites for hydroxylation is 1. The largest absolute Gasteiger partial charge is 0.345 e. The number of urea groups is 1. The van der Waals surface area contributed by atoms with Crippen molar-refractivity contribution >= 4 is 11.7 Å². The first-order valence-corrected chi connectivity index (χ1v) is 10.3. The number of aromatic nitrogens is 3. The molecule has 0 saturated carbocycles. The summed E-state index contributed by atoms with van der Waals surface area (Å²) in [6, 6.07) is 5.69. The molecule has 29 heavy (non-hydrogen) atoms. The van der Waals surface area contributed by atoms with Gasteiger partial charge in [0.15, 0.2) is 0 Å². The molecule has 9 heteroatoms. The SMILES string of the molecule is O=C(Nc1ccccc1F)NC1CCCN(CCn2nc3n(c2=O)CCCC3)C1. The third-order valence-electron chi connectivity index (χ3n) is 5.62. The van der Waals surface area contributed by atoms with Crippen LogP contribution in [0.4, 0.5) is 14.9 Å². The van der Waals surface area contributed by atoms with Gasteiger partial charge in [0.2, 0.25) is 0 Å². The molecule has 0 spiro atoms. The Hall–Kier alpha value is -2.68. The first-order valence-electron chi connectivity index (χ1n) is 10.3. The van der Waals surface area contributed by atoms with Crippen molar-refractivity contribution in [2.75, 3.05) is 25.0 Å². The van der Waals surface area contributed by atoms with Gasteiger partial charge in [-0.1, -0.05) is 12.1 Å². The summed E-state index contributed by atoms with van der Waals surface area (Å²) < 4.78 is 17.0. The molecular formula is C20H27FN6O2. The second kappa shape index (κ2) is 8.77. The highest BCUT2D eigenvalue weighted by Crippen LogP contribution is 2.14. The van der Waals surface area contributed by atoms with Crippen LogP contribution in [0.15, 0.2) is 29.1 Å². The van der Waals surface area contributed by atoms with Crippen LogP contribution in [0.1, 0.15) is 31.5 Å². The van der Waals surface area contributed by atoms with Crippen LogP contribution in [0, 0.1) is 5.82 Å². The highest BCUT2D eigenvalue weighted by molar-refractivity contribution is 5.89. The number of fused-ring (bicyclic) bond motifs is 1. The van der Waals surface area contributed by atoms with Crippen LogP contribution in [-0.4, -0.2) is 51.0 Å². The summed E-state index contributed by atoms with van der Waals surface area (Å²) in [4.78, 5) is 26.9. The van der Waals surface area contributed by atoms with E-state index in [0.717, 1.165) is 51.0 Å². The maximum Gasteiger partial charge on any atom is 0.345 e. The van der Waals surface area contributed by atoms with Gasteiger partial charge in [0, 0.05) is 32.1 Å². The fourth-order valence-electron chi connectivity index (χ4n) is 4.11. The summed E-state index contributed by atoms with van der Waals surface area (Å²) >= 11 is 0. The van der Waals surface area contributed by atoms with Crippen molar-refractivity contribution in [3.63, 3.8) is 0 Å².